The first-order chi connectivity index (χ1) is 14.3. The van der Waals surface area contributed by atoms with E-state index in [-0.39, 0.29) is 30.0 Å². The fourth-order valence-corrected chi connectivity index (χ4v) is 2.19. The van der Waals surface area contributed by atoms with Gasteiger partial charge in [-0.05, 0) is 27.7 Å². The van der Waals surface area contributed by atoms with E-state index in [1.54, 1.807) is 0 Å². The lowest BCUT2D eigenvalue weighted by Crippen LogP contribution is -2.41. The zero-order valence-corrected chi connectivity index (χ0v) is 19.9. The molecule has 0 aliphatic rings. The minimum atomic E-state index is -0.0683. The number of carbonyl (C=O) groups excluding carboxylic acids is 1. The van der Waals surface area contributed by atoms with Crippen LogP contribution in [0.5, 0.6) is 0 Å². The van der Waals surface area contributed by atoms with Gasteiger partial charge in [-0.3, -0.25) is 4.79 Å². The number of ether oxygens (including phenoxy) is 6. The predicted octanol–water partition coefficient (Wildman–Crippen LogP) is 2.09. The first-order valence-electron chi connectivity index (χ1n) is 11.1. The summed E-state index contributed by atoms with van der Waals surface area (Å²) in [7, 11) is 0. The minimum absolute atomic E-state index is 0.00269. The Kier molecular flexibility index (Phi) is 19.9. The van der Waals surface area contributed by atoms with Crippen molar-refractivity contribution in [1.82, 2.24) is 5.32 Å². The van der Waals surface area contributed by atoms with Crippen LogP contribution in [0.25, 0.3) is 0 Å². The SMILES string of the molecule is CC(C)OCCOCCOCC(COCCOCCOC(C)C)NCC(=O)C(C)C. The summed E-state index contributed by atoms with van der Waals surface area (Å²) >= 11 is 0. The highest BCUT2D eigenvalue weighted by molar-refractivity contribution is 5.82. The van der Waals surface area contributed by atoms with Gasteiger partial charge >= 0.3 is 0 Å². The van der Waals surface area contributed by atoms with Crippen LogP contribution in [0.1, 0.15) is 41.5 Å². The van der Waals surface area contributed by atoms with Crippen LogP contribution in [0, 0.1) is 5.92 Å². The molecule has 0 saturated heterocycles. The number of Topliss-reactive ketones (excluding diaryl/α,β-unsaturated/α-hetero) is 1. The quantitative estimate of drug-likeness (QED) is 0.259. The summed E-state index contributed by atoms with van der Waals surface area (Å²) in [5, 5.41) is 3.23. The standard InChI is InChI=1S/C22H45NO7/c1-18(2)22(24)15-23-21(16-27-9-7-25-11-13-29-19(3)4)17-28-10-8-26-12-14-30-20(5)6/h18-21,23H,7-17H2,1-6H3. The molecule has 1 N–H and O–H groups in total. The van der Waals surface area contributed by atoms with Gasteiger partial charge in [0, 0.05) is 5.92 Å². The van der Waals surface area contributed by atoms with Gasteiger partial charge in [-0.2, -0.15) is 0 Å². The van der Waals surface area contributed by atoms with Gasteiger partial charge in [-0.25, -0.2) is 0 Å². The molecule has 0 radical (unpaired) electrons. The fourth-order valence-electron chi connectivity index (χ4n) is 2.19. The van der Waals surface area contributed by atoms with E-state index in [2.05, 4.69) is 5.32 Å². The zero-order chi connectivity index (χ0) is 22.6. The predicted molar refractivity (Wildman–Crippen MR) is 117 cm³/mol. The Balaban J connectivity index is 3.92. The summed E-state index contributed by atoms with van der Waals surface area (Å²) in [5.74, 6) is 0.171. The summed E-state index contributed by atoms with van der Waals surface area (Å²) in [6.45, 7) is 17.2. The van der Waals surface area contributed by atoms with Crippen molar-refractivity contribution >= 4 is 5.78 Å². The van der Waals surface area contributed by atoms with Crippen LogP contribution in [0.15, 0.2) is 0 Å². The molecule has 30 heavy (non-hydrogen) atoms. The Morgan fingerprint density at radius 1 is 0.633 bits per heavy atom. The average molecular weight is 436 g/mol. The molecule has 0 heterocycles. The Hall–Kier alpha value is -0.610. The van der Waals surface area contributed by atoms with Crippen molar-refractivity contribution in [3.05, 3.63) is 0 Å². The van der Waals surface area contributed by atoms with Crippen LogP contribution < -0.4 is 5.32 Å². The summed E-state index contributed by atoms with van der Waals surface area (Å²) in [6, 6.07) is -0.0683. The minimum Gasteiger partial charge on any atom is -0.377 e. The van der Waals surface area contributed by atoms with Crippen LogP contribution in [-0.4, -0.2) is 96.6 Å². The van der Waals surface area contributed by atoms with E-state index in [0.29, 0.717) is 72.6 Å². The highest BCUT2D eigenvalue weighted by Gasteiger charge is 2.13. The summed E-state index contributed by atoms with van der Waals surface area (Å²) in [5.41, 5.74) is 0. The summed E-state index contributed by atoms with van der Waals surface area (Å²) < 4.78 is 33.1. The molecule has 0 aromatic heterocycles. The van der Waals surface area contributed by atoms with E-state index in [1.807, 2.05) is 41.5 Å². The number of hydrogen-bond acceptors (Lipinski definition) is 8. The highest BCUT2D eigenvalue weighted by Crippen LogP contribution is 1.96. The molecule has 0 atom stereocenters. The lowest BCUT2D eigenvalue weighted by atomic mass is 10.1. The van der Waals surface area contributed by atoms with Crippen LogP contribution >= 0.6 is 0 Å². The maximum atomic E-state index is 11.9. The molecule has 0 fully saturated rings. The van der Waals surface area contributed by atoms with Crippen molar-refractivity contribution in [2.75, 3.05) is 72.6 Å². The van der Waals surface area contributed by atoms with E-state index in [4.69, 9.17) is 28.4 Å². The van der Waals surface area contributed by atoms with E-state index in [1.165, 1.54) is 0 Å². The molecule has 0 spiro atoms. The van der Waals surface area contributed by atoms with Gasteiger partial charge in [0.2, 0.25) is 0 Å². The third-order valence-corrected chi connectivity index (χ3v) is 3.95. The van der Waals surface area contributed by atoms with Crippen molar-refractivity contribution < 1.29 is 33.2 Å². The summed E-state index contributed by atoms with van der Waals surface area (Å²) in [6.07, 6.45) is 0.424. The van der Waals surface area contributed by atoms with Gasteiger partial charge in [0.05, 0.1) is 90.9 Å². The number of carbonyl (C=O) groups is 1. The van der Waals surface area contributed by atoms with E-state index in [0.717, 1.165) is 0 Å². The number of nitrogens with one attached hydrogen (secondary N) is 1. The first kappa shape index (κ1) is 29.4. The summed E-state index contributed by atoms with van der Waals surface area (Å²) in [4.78, 5) is 11.9. The monoisotopic (exact) mass is 435 g/mol. The Bertz CT molecular complexity index is 368. The highest BCUT2D eigenvalue weighted by atomic mass is 16.6. The van der Waals surface area contributed by atoms with E-state index in [9.17, 15) is 4.79 Å². The number of ketones is 1. The maximum Gasteiger partial charge on any atom is 0.149 e. The van der Waals surface area contributed by atoms with Crippen molar-refractivity contribution in [2.45, 2.75) is 59.8 Å². The molecule has 0 aromatic carbocycles. The van der Waals surface area contributed by atoms with Gasteiger partial charge in [0.15, 0.2) is 0 Å². The van der Waals surface area contributed by atoms with Gasteiger partial charge in [-0.1, -0.05) is 13.8 Å². The average Bonchev–Trinajstić information content (AvgIpc) is 2.68. The largest absolute Gasteiger partial charge is 0.377 e. The third-order valence-electron chi connectivity index (χ3n) is 3.95. The van der Waals surface area contributed by atoms with Crippen molar-refractivity contribution in [3.63, 3.8) is 0 Å². The van der Waals surface area contributed by atoms with Crippen LogP contribution in [0.2, 0.25) is 0 Å². The van der Waals surface area contributed by atoms with Crippen LogP contribution in [0.3, 0.4) is 0 Å². The molecule has 0 rings (SSSR count). The zero-order valence-electron chi connectivity index (χ0n) is 19.9. The lowest BCUT2D eigenvalue weighted by Gasteiger charge is -2.19. The molecular formula is C22H45NO7. The molecule has 0 aliphatic heterocycles. The molecular weight excluding hydrogens is 390 g/mol. The van der Waals surface area contributed by atoms with Gasteiger partial charge in [0.25, 0.3) is 0 Å². The number of rotatable bonds is 22. The van der Waals surface area contributed by atoms with Gasteiger partial charge < -0.3 is 33.7 Å². The van der Waals surface area contributed by atoms with Crippen molar-refractivity contribution in [3.8, 4) is 0 Å². The molecule has 0 aliphatic carbocycles. The topological polar surface area (TPSA) is 84.5 Å². The molecule has 8 nitrogen and oxygen atoms in total. The molecule has 0 aromatic rings. The van der Waals surface area contributed by atoms with E-state index >= 15 is 0 Å². The van der Waals surface area contributed by atoms with Crippen molar-refractivity contribution in [2.24, 2.45) is 5.92 Å². The molecule has 8 heteroatoms. The second kappa shape index (κ2) is 20.3. The molecule has 0 amide bonds. The lowest BCUT2D eigenvalue weighted by molar-refractivity contribution is -0.121. The molecule has 0 unspecified atom stereocenters. The molecule has 180 valence electrons. The Morgan fingerprint density at radius 2 is 1.03 bits per heavy atom. The van der Waals surface area contributed by atoms with E-state index < -0.39 is 0 Å². The molecule has 0 saturated carbocycles. The third kappa shape index (κ3) is 20.7. The smallest absolute Gasteiger partial charge is 0.149 e. The van der Waals surface area contributed by atoms with Gasteiger partial charge in [0.1, 0.15) is 5.78 Å². The van der Waals surface area contributed by atoms with Crippen LogP contribution in [-0.2, 0) is 33.2 Å². The normalized spacial score (nSPS) is 12.1. The fraction of sp³-hybridized carbons (Fsp3) is 0.955. The van der Waals surface area contributed by atoms with Crippen LogP contribution in [0.4, 0.5) is 0 Å². The Labute approximate surface area is 183 Å². The molecule has 0 bridgehead atoms. The van der Waals surface area contributed by atoms with Crippen molar-refractivity contribution in [1.29, 1.82) is 0 Å². The maximum absolute atomic E-state index is 11.9. The first-order valence-corrected chi connectivity index (χ1v) is 11.1. The van der Waals surface area contributed by atoms with Gasteiger partial charge in [-0.15, -0.1) is 0 Å². The second-order valence-electron chi connectivity index (χ2n) is 7.91. The Morgan fingerprint density at radius 3 is 1.43 bits per heavy atom. The number of hydrogen-bond donors (Lipinski definition) is 1. The second-order valence-corrected chi connectivity index (χ2v) is 7.91.